The van der Waals surface area contributed by atoms with Crippen molar-refractivity contribution >= 4 is 17.3 Å². The maximum absolute atomic E-state index is 10.6. The minimum Gasteiger partial charge on any atom is -0.481 e. The Hall–Kier alpha value is -0.940. The number of likely N-dealkylation sites (tertiary alicyclic amines) is 1. The van der Waals surface area contributed by atoms with Crippen molar-refractivity contribution in [2.24, 2.45) is 5.92 Å². The number of aliphatic carboxylic acids is 1. The Kier molecular flexibility index (Phi) is 2.52. The van der Waals surface area contributed by atoms with Gasteiger partial charge >= 0.3 is 5.97 Å². The molecule has 2 heterocycles. The number of hydrogen-bond donors (Lipinski definition) is 1. The highest BCUT2D eigenvalue weighted by atomic mass is 32.1. The second-order valence-electron chi connectivity index (χ2n) is 3.54. The molecule has 1 aliphatic rings. The molecule has 0 unspecified atom stereocenters. The van der Waals surface area contributed by atoms with Gasteiger partial charge in [-0.1, -0.05) is 0 Å². The first-order chi connectivity index (χ1) is 6.68. The van der Waals surface area contributed by atoms with Crippen LogP contribution in [0.4, 0.5) is 0 Å². The van der Waals surface area contributed by atoms with E-state index < -0.39 is 5.97 Å². The Morgan fingerprint density at radius 3 is 3.00 bits per heavy atom. The molecule has 1 N–H and O–H groups in total. The summed E-state index contributed by atoms with van der Waals surface area (Å²) in [6, 6.07) is 0.255. The standard InChI is InChI=1S/C9H12N2O2S/c1-6(8-10-2-3-14-8)11-4-7(5-11)9(12)13/h2-3,6-7H,4-5H2,1H3,(H,12,13)/t6-/m1/s1. The van der Waals surface area contributed by atoms with Gasteiger partial charge in [-0.05, 0) is 6.92 Å². The van der Waals surface area contributed by atoms with Gasteiger partial charge in [0.2, 0.25) is 0 Å². The summed E-state index contributed by atoms with van der Waals surface area (Å²) in [5, 5.41) is 11.7. The second-order valence-corrected chi connectivity index (χ2v) is 4.46. The third-order valence-corrected chi connectivity index (χ3v) is 3.56. The Labute approximate surface area is 86.2 Å². The van der Waals surface area contributed by atoms with Crippen molar-refractivity contribution in [1.82, 2.24) is 9.88 Å². The van der Waals surface area contributed by atoms with E-state index in [-0.39, 0.29) is 12.0 Å². The third kappa shape index (κ3) is 1.65. The summed E-state index contributed by atoms with van der Waals surface area (Å²) in [4.78, 5) is 17.0. The molecule has 1 aliphatic heterocycles. The number of rotatable bonds is 3. The van der Waals surface area contributed by atoms with Gasteiger partial charge < -0.3 is 5.11 Å². The van der Waals surface area contributed by atoms with Gasteiger partial charge in [0, 0.05) is 24.7 Å². The van der Waals surface area contributed by atoms with Crippen LogP contribution in [0.5, 0.6) is 0 Å². The van der Waals surface area contributed by atoms with Crippen molar-refractivity contribution in [3.8, 4) is 0 Å². The SMILES string of the molecule is C[C@H](c1nccs1)N1CC(C(=O)O)C1. The van der Waals surface area contributed by atoms with E-state index in [9.17, 15) is 4.79 Å². The van der Waals surface area contributed by atoms with Gasteiger partial charge in [-0.2, -0.15) is 0 Å². The molecule has 0 radical (unpaired) electrons. The molecular formula is C9H12N2O2S. The van der Waals surface area contributed by atoms with Crippen LogP contribution in [0.3, 0.4) is 0 Å². The smallest absolute Gasteiger partial charge is 0.309 e. The molecule has 1 fully saturated rings. The number of nitrogens with zero attached hydrogens (tertiary/aromatic N) is 2. The van der Waals surface area contributed by atoms with E-state index in [0.29, 0.717) is 13.1 Å². The topological polar surface area (TPSA) is 53.4 Å². The van der Waals surface area contributed by atoms with Crippen LogP contribution in [0.15, 0.2) is 11.6 Å². The van der Waals surface area contributed by atoms with Gasteiger partial charge in [-0.25, -0.2) is 4.98 Å². The highest BCUT2D eigenvalue weighted by Gasteiger charge is 2.36. The second kappa shape index (κ2) is 3.67. The van der Waals surface area contributed by atoms with E-state index in [0.717, 1.165) is 5.01 Å². The maximum atomic E-state index is 10.6. The molecule has 0 saturated carbocycles. The molecule has 1 atom stereocenters. The van der Waals surface area contributed by atoms with Crippen LogP contribution in [0, 0.1) is 5.92 Å². The van der Waals surface area contributed by atoms with Crippen molar-refractivity contribution < 1.29 is 9.90 Å². The average Bonchev–Trinajstić information content (AvgIpc) is 2.51. The Morgan fingerprint density at radius 2 is 2.50 bits per heavy atom. The zero-order chi connectivity index (χ0) is 10.1. The Morgan fingerprint density at radius 1 is 1.79 bits per heavy atom. The molecule has 0 aliphatic carbocycles. The Balaban J connectivity index is 1.91. The van der Waals surface area contributed by atoms with E-state index in [1.54, 1.807) is 17.5 Å². The number of aromatic nitrogens is 1. The van der Waals surface area contributed by atoms with Crippen molar-refractivity contribution in [2.45, 2.75) is 13.0 Å². The quantitative estimate of drug-likeness (QED) is 0.818. The average molecular weight is 212 g/mol. The summed E-state index contributed by atoms with van der Waals surface area (Å²) >= 11 is 1.62. The van der Waals surface area contributed by atoms with Crippen molar-refractivity contribution in [3.05, 3.63) is 16.6 Å². The molecule has 4 nitrogen and oxygen atoms in total. The predicted octanol–water partition coefficient (Wildman–Crippen LogP) is 1.22. The zero-order valence-electron chi connectivity index (χ0n) is 7.88. The van der Waals surface area contributed by atoms with Gasteiger partial charge in [0.25, 0.3) is 0 Å². The third-order valence-electron chi connectivity index (χ3n) is 2.62. The van der Waals surface area contributed by atoms with Gasteiger partial charge in [-0.3, -0.25) is 9.69 Å². The molecule has 1 saturated heterocycles. The summed E-state index contributed by atoms with van der Waals surface area (Å²) in [6.07, 6.45) is 1.78. The first-order valence-corrected chi connectivity index (χ1v) is 5.42. The van der Waals surface area contributed by atoms with Crippen molar-refractivity contribution in [1.29, 1.82) is 0 Å². The van der Waals surface area contributed by atoms with Crippen LogP contribution < -0.4 is 0 Å². The summed E-state index contributed by atoms with van der Waals surface area (Å²) in [6.45, 7) is 3.36. The molecule has 0 spiro atoms. The Bertz CT molecular complexity index is 320. The number of carboxylic acid groups (broad SMARTS) is 1. The van der Waals surface area contributed by atoms with Crippen LogP contribution in [0.2, 0.25) is 0 Å². The zero-order valence-corrected chi connectivity index (χ0v) is 8.70. The van der Waals surface area contributed by atoms with Gasteiger partial charge in [0.05, 0.1) is 12.0 Å². The van der Waals surface area contributed by atoms with E-state index >= 15 is 0 Å². The molecule has 76 valence electrons. The van der Waals surface area contributed by atoms with Crippen molar-refractivity contribution in [2.75, 3.05) is 13.1 Å². The minimum atomic E-state index is -0.687. The van der Waals surface area contributed by atoms with E-state index in [4.69, 9.17) is 5.11 Å². The monoisotopic (exact) mass is 212 g/mol. The van der Waals surface area contributed by atoms with E-state index in [1.165, 1.54) is 0 Å². The molecule has 14 heavy (non-hydrogen) atoms. The molecule has 1 aromatic rings. The fourth-order valence-electron chi connectivity index (χ4n) is 1.58. The molecular weight excluding hydrogens is 200 g/mol. The number of carbonyl (C=O) groups is 1. The van der Waals surface area contributed by atoms with Crippen LogP contribution in [0.25, 0.3) is 0 Å². The van der Waals surface area contributed by atoms with Crippen LogP contribution >= 0.6 is 11.3 Å². The first kappa shape index (κ1) is 9.61. The fourth-order valence-corrected chi connectivity index (χ4v) is 2.31. The molecule has 0 aromatic carbocycles. The van der Waals surface area contributed by atoms with Gasteiger partial charge in [0.1, 0.15) is 5.01 Å². The number of thiazole rings is 1. The lowest BCUT2D eigenvalue weighted by Crippen LogP contribution is -2.51. The lowest BCUT2D eigenvalue weighted by Gasteiger charge is -2.40. The van der Waals surface area contributed by atoms with Crippen molar-refractivity contribution in [3.63, 3.8) is 0 Å². The van der Waals surface area contributed by atoms with E-state index in [1.807, 2.05) is 5.38 Å². The maximum Gasteiger partial charge on any atom is 0.309 e. The van der Waals surface area contributed by atoms with Gasteiger partial charge in [0.15, 0.2) is 0 Å². The normalized spacial score (nSPS) is 20.4. The summed E-state index contributed by atoms with van der Waals surface area (Å²) in [7, 11) is 0. The first-order valence-electron chi connectivity index (χ1n) is 4.54. The predicted molar refractivity (Wildman–Crippen MR) is 53.2 cm³/mol. The van der Waals surface area contributed by atoms with Gasteiger partial charge in [-0.15, -0.1) is 11.3 Å². The summed E-state index contributed by atoms with van der Waals surface area (Å²) in [5.74, 6) is -0.870. The van der Waals surface area contributed by atoms with Crippen LogP contribution in [-0.4, -0.2) is 34.0 Å². The largest absolute Gasteiger partial charge is 0.481 e. The lowest BCUT2D eigenvalue weighted by atomic mass is 9.98. The number of hydrogen-bond acceptors (Lipinski definition) is 4. The summed E-state index contributed by atoms with van der Waals surface area (Å²) in [5.41, 5.74) is 0. The number of carboxylic acids is 1. The van der Waals surface area contributed by atoms with E-state index in [2.05, 4.69) is 16.8 Å². The molecule has 0 bridgehead atoms. The fraction of sp³-hybridized carbons (Fsp3) is 0.556. The molecule has 2 rings (SSSR count). The van der Waals surface area contributed by atoms with Crippen LogP contribution in [0.1, 0.15) is 18.0 Å². The molecule has 5 heteroatoms. The summed E-state index contributed by atoms with van der Waals surface area (Å²) < 4.78 is 0. The lowest BCUT2D eigenvalue weighted by molar-refractivity contribution is -0.148. The molecule has 0 amide bonds. The molecule has 1 aromatic heterocycles. The van der Waals surface area contributed by atoms with Crippen LogP contribution in [-0.2, 0) is 4.79 Å². The highest BCUT2D eigenvalue weighted by molar-refractivity contribution is 7.09. The minimum absolute atomic E-state index is 0.183. The highest BCUT2D eigenvalue weighted by Crippen LogP contribution is 2.29.